The van der Waals surface area contributed by atoms with E-state index in [1.807, 2.05) is 19.1 Å². The molecule has 0 saturated heterocycles. The second-order valence-corrected chi connectivity index (χ2v) is 6.93. The van der Waals surface area contributed by atoms with Crippen molar-refractivity contribution in [3.05, 3.63) is 65.7 Å². The molecule has 124 valence electrons. The molecule has 0 unspecified atom stereocenters. The molecule has 3 aromatic carbocycles. The molecule has 24 heavy (non-hydrogen) atoms. The Balaban J connectivity index is 2.12. The van der Waals surface area contributed by atoms with Crippen LogP contribution in [0.15, 0.2) is 65.6 Å². The maximum absolute atomic E-state index is 12.7. The number of fused-ring (bicyclic) bond motifs is 1. The average molecular weight is 363 g/mol. The number of ether oxygens (including phenoxy) is 1. The lowest BCUT2D eigenvalue weighted by Gasteiger charge is -2.13. The predicted molar refractivity (Wildman–Crippen MR) is 94.4 cm³/mol. The first kappa shape index (κ1) is 16.6. The first-order chi connectivity index (χ1) is 11.5. The highest BCUT2D eigenvalue weighted by Gasteiger charge is 2.22. The van der Waals surface area contributed by atoms with Crippen LogP contribution < -0.4 is 8.92 Å². The monoisotopic (exact) mass is 362 g/mol. The van der Waals surface area contributed by atoms with Crippen molar-refractivity contribution in [2.24, 2.45) is 0 Å². The molecule has 4 nitrogen and oxygen atoms in total. The summed E-state index contributed by atoms with van der Waals surface area (Å²) in [4.78, 5) is 0.0708. The van der Waals surface area contributed by atoms with Crippen LogP contribution in [-0.4, -0.2) is 15.0 Å². The van der Waals surface area contributed by atoms with Gasteiger partial charge in [0.15, 0.2) is 5.75 Å². The topological polar surface area (TPSA) is 52.6 Å². The Hall–Kier alpha value is -2.24. The lowest BCUT2D eigenvalue weighted by atomic mass is 10.1. The Morgan fingerprint density at radius 2 is 1.54 bits per heavy atom. The van der Waals surface area contributed by atoms with Crippen LogP contribution in [0.5, 0.6) is 11.5 Å². The maximum Gasteiger partial charge on any atom is 0.339 e. The van der Waals surface area contributed by atoms with Crippen LogP contribution in [0.2, 0.25) is 5.02 Å². The SMILES string of the molecule is CCOc1ccc(S(=O)(=O)Oc2ccccc2Cl)c2ccccc12. The van der Waals surface area contributed by atoms with Crippen LogP contribution >= 0.6 is 11.6 Å². The number of halogens is 1. The van der Waals surface area contributed by atoms with Gasteiger partial charge < -0.3 is 8.92 Å². The molecule has 0 spiro atoms. The third-order valence-electron chi connectivity index (χ3n) is 3.45. The number of rotatable bonds is 5. The lowest BCUT2D eigenvalue weighted by Crippen LogP contribution is -2.11. The second-order valence-electron chi connectivity index (χ2n) is 5.01. The summed E-state index contributed by atoms with van der Waals surface area (Å²) in [6.07, 6.45) is 0. The molecule has 3 aromatic rings. The van der Waals surface area contributed by atoms with Gasteiger partial charge in [0, 0.05) is 10.8 Å². The van der Waals surface area contributed by atoms with Crippen LogP contribution in [0.4, 0.5) is 0 Å². The fraction of sp³-hybridized carbons (Fsp3) is 0.111. The molecule has 0 aromatic heterocycles. The summed E-state index contributed by atoms with van der Waals surface area (Å²) >= 11 is 5.99. The summed E-state index contributed by atoms with van der Waals surface area (Å²) in [5.41, 5.74) is 0. The van der Waals surface area contributed by atoms with Crippen LogP contribution in [0.25, 0.3) is 10.8 Å². The van der Waals surface area contributed by atoms with Gasteiger partial charge in [0.05, 0.1) is 11.6 Å². The molecular weight excluding hydrogens is 348 g/mol. The standard InChI is InChI=1S/C18H15ClO4S/c1-2-22-16-11-12-18(14-8-4-3-7-13(14)16)24(20,21)23-17-10-6-5-9-15(17)19/h3-12H,2H2,1H3. The molecule has 6 heteroatoms. The van der Waals surface area contributed by atoms with Gasteiger partial charge in [-0.1, -0.05) is 48.0 Å². The zero-order valence-electron chi connectivity index (χ0n) is 12.9. The first-order valence-corrected chi connectivity index (χ1v) is 9.15. The number of hydrogen-bond donors (Lipinski definition) is 0. The molecule has 0 heterocycles. The Labute approximate surface area is 145 Å². The minimum atomic E-state index is -4.03. The van der Waals surface area contributed by atoms with Crippen molar-refractivity contribution in [1.82, 2.24) is 0 Å². The van der Waals surface area contributed by atoms with E-state index in [4.69, 9.17) is 20.5 Å². The predicted octanol–water partition coefficient (Wildman–Crippen LogP) is 4.66. The van der Waals surface area contributed by atoms with Crippen LogP contribution in [0, 0.1) is 0 Å². The van der Waals surface area contributed by atoms with E-state index in [1.165, 1.54) is 12.1 Å². The molecule has 0 saturated carbocycles. The van der Waals surface area contributed by atoms with E-state index in [2.05, 4.69) is 0 Å². The van der Waals surface area contributed by atoms with E-state index >= 15 is 0 Å². The normalized spacial score (nSPS) is 11.4. The molecular formula is C18H15ClO4S. The third kappa shape index (κ3) is 3.18. The Morgan fingerprint density at radius 1 is 0.875 bits per heavy atom. The van der Waals surface area contributed by atoms with Crippen LogP contribution in [-0.2, 0) is 10.1 Å². The highest BCUT2D eigenvalue weighted by atomic mass is 35.5. The van der Waals surface area contributed by atoms with Crippen molar-refractivity contribution in [2.75, 3.05) is 6.61 Å². The Morgan fingerprint density at radius 3 is 2.25 bits per heavy atom. The minimum absolute atomic E-state index is 0.0708. The van der Waals surface area contributed by atoms with Crippen LogP contribution in [0.1, 0.15) is 6.92 Å². The fourth-order valence-electron chi connectivity index (χ4n) is 2.42. The van der Waals surface area contributed by atoms with Crippen molar-refractivity contribution >= 4 is 32.5 Å². The summed E-state index contributed by atoms with van der Waals surface area (Å²) in [7, 11) is -4.03. The van der Waals surface area contributed by atoms with E-state index in [0.717, 1.165) is 0 Å². The van der Waals surface area contributed by atoms with Crippen molar-refractivity contribution in [3.8, 4) is 11.5 Å². The van der Waals surface area contributed by atoms with Gasteiger partial charge in [-0.15, -0.1) is 0 Å². The van der Waals surface area contributed by atoms with Gasteiger partial charge in [0.25, 0.3) is 0 Å². The number of para-hydroxylation sites is 1. The fourth-order valence-corrected chi connectivity index (χ4v) is 3.79. The first-order valence-electron chi connectivity index (χ1n) is 7.36. The zero-order valence-corrected chi connectivity index (χ0v) is 14.5. The van der Waals surface area contributed by atoms with Crippen LogP contribution in [0.3, 0.4) is 0 Å². The summed E-state index contributed by atoms with van der Waals surface area (Å²) in [5, 5.41) is 1.48. The molecule has 0 amide bonds. The smallest absolute Gasteiger partial charge is 0.339 e. The van der Waals surface area contributed by atoms with Gasteiger partial charge in [-0.3, -0.25) is 0 Å². The van der Waals surface area contributed by atoms with Gasteiger partial charge >= 0.3 is 10.1 Å². The van der Waals surface area contributed by atoms with E-state index in [0.29, 0.717) is 23.1 Å². The highest BCUT2D eigenvalue weighted by Crippen LogP contribution is 2.33. The van der Waals surface area contributed by atoms with Crippen molar-refractivity contribution < 1.29 is 17.3 Å². The average Bonchev–Trinajstić information content (AvgIpc) is 2.57. The summed E-state index contributed by atoms with van der Waals surface area (Å²) < 4.78 is 36.2. The van der Waals surface area contributed by atoms with Gasteiger partial charge in [0.2, 0.25) is 0 Å². The maximum atomic E-state index is 12.7. The number of benzene rings is 3. The van der Waals surface area contributed by atoms with Gasteiger partial charge in [-0.25, -0.2) is 0 Å². The molecule has 0 aliphatic heterocycles. The summed E-state index contributed by atoms with van der Waals surface area (Å²) in [6.45, 7) is 2.37. The third-order valence-corrected chi connectivity index (χ3v) is 5.06. The Kier molecular flexibility index (Phi) is 4.64. The molecule has 0 atom stereocenters. The molecule has 0 N–H and O–H groups in total. The highest BCUT2D eigenvalue weighted by molar-refractivity contribution is 7.87. The molecule has 0 aliphatic carbocycles. The van der Waals surface area contributed by atoms with Gasteiger partial charge in [0.1, 0.15) is 10.6 Å². The molecule has 0 bridgehead atoms. The quantitative estimate of drug-likeness (QED) is 0.619. The molecule has 0 aliphatic rings. The molecule has 0 fully saturated rings. The van der Waals surface area contributed by atoms with Crippen molar-refractivity contribution in [3.63, 3.8) is 0 Å². The largest absolute Gasteiger partial charge is 0.493 e. The summed E-state index contributed by atoms with van der Waals surface area (Å²) in [5.74, 6) is 0.724. The second kappa shape index (κ2) is 6.71. The zero-order chi connectivity index (χ0) is 17.2. The Bertz CT molecular complexity index is 983. The number of hydrogen-bond acceptors (Lipinski definition) is 4. The van der Waals surface area contributed by atoms with Crippen molar-refractivity contribution in [2.45, 2.75) is 11.8 Å². The molecule has 3 rings (SSSR count). The van der Waals surface area contributed by atoms with E-state index in [1.54, 1.807) is 36.4 Å². The van der Waals surface area contributed by atoms with Gasteiger partial charge in [-0.05, 0) is 31.2 Å². The van der Waals surface area contributed by atoms with Gasteiger partial charge in [-0.2, -0.15) is 8.42 Å². The van der Waals surface area contributed by atoms with E-state index in [9.17, 15) is 8.42 Å². The van der Waals surface area contributed by atoms with Crippen molar-refractivity contribution in [1.29, 1.82) is 0 Å². The molecule has 0 radical (unpaired) electrons. The summed E-state index contributed by atoms with van der Waals surface area (Å²) in [6, 6.07) is 16.7. The van der Waals surface area contributed by atoms with E-state index in [-0.39, 0.29) is 15.7 Å². The van der Waals surface area contributed by atoms with E-state index < -0.39 is 10.1 Å². The minimum Gasteiger partial charge on any atom is -0.493 e. The lowest BCUT2D eigenvalue weighted by molar-refractivity contribution is 0.344.